The van der Waals surface area contributed by atoms with Gasteiger partial charge in [0.05, 0.1) is 0 Å². The van der Waals surface area contributed by atoms with Crippen molar-refractivity contribution in [1.29, 1.82) is 0 Å². The predicted octanol–water partition coefficient (Wildman–Crippen LogP) is 6.85. The summed E-state index contributed by atoms with van der Waals surface area (Å²) in [5.74, 6) is -16.5. The molecule has 224 valence electrons. The highest BCUT2D eigenvalue weighted by Crippen LogP contribution is 2.55. The molecule has 0 heterocycles. The Balaban J connectivity index is 6.14. The smallest absolute Gasteiger partial charge is 0.245 e. The number of hydrogen-bond acceptors (Lipinski definition) is 5. The van der Waals surface area contributed by atoms with Crippen LogP contribution in [0, 0.1) is 0 Å². The highest BCUT2D eigenvalue weighted by Gasteiger charge is 2.84. The Morgan fingerprint density at radius 1 is 0.243 bits per heavy atom. The number of hydrogen-bond donors (Lipinski definition) is 0. The summed E-state index contributed by atoms with van der Waals surface area (Å²) in [6.45, 7) is 0. The van der Waals surface area contributed by atoms with E-state index in [1.807, 2.05) is 0 Å². The van der Waals surface area contributed by atoms with Gasteiger partial charge >= 0.3 is 61.6 Å². The summed E-state index contributed by atoms with van der Waals surface area (Å²) in [6.07, 6.45) is -59.9. The molecular formula is C10F22O5. The summed E-state index contributed by atoms with van der Waals surface area (Å²) in [6, 6.07) is 0. The van der Waals surface area contributed by atoms with Gasteiger partial charge in [-0.25, -0.2) is 14.2 Å². The van der Waals surface area contributed by atoms with E-state index in [-0.39, 0.29) is 0 Å². The van der Waals surface area contributed by atoms with Crippen molar-refractivity contribution in [3.05, 3.63) is 0 Å². The van der Waals surface area contributed by atoms with Gasteiger partial charge in [-0.05, 0) is 0 Å². The SMILES string of the molecule is FC(F)(F)OC(F)(F)OC(F)(F)C(F)(F)C(F)(F)OC(F)(F)C(F)(F)C(F)(F)OC(F)(F)OC(F)(F)F. The fraction of sp³-hybridized carbons (Fsp3) is 1.00. The minimum atomic E-state index is -8.27. The van der Waals surface area contributed by atoms with Gasteiger partial charge in [-0.15, -0.1) is 43.9 Å². The molecule has 0 unspecified atom stereocenters. The Hall–Kier alpha value is -1.74. The van der Waals surface area contributed by atoms with Crippen molar-refractivity contribution in [3.63, 3.8) is 0 Å². The predicted molar refractivity (Wildman–Crippen MR) is 57.1 cm³/mol. The molecule has 0 radical (unpaired) electrons. The first kappa shape index (κ1) is 35.3. The number of halogens is 22. The molecule has 0 rings (SSSR count). The molecule has 0 N–H and O–H groups in total. The van der Waals surface area contributed by atoms with E-state index >= 15 is 0 Å². The maximum atomic E-state index is 13.1. The van der Waals surface area contributed by atoms with Crippen LogP contribution >= 0.6 is 0 Å². The molecule has 0 aromatic rings. The normalized spacial score (nSPS) is 16.4. The number of alkyl halides is 22. The van der Waals surface area contributed by atoms with Gasteiger partial charge in [-0.1, -0.05) is 0 Å². The fourth-order valence-corrected chi connectivity index (χ4v) is 1.37. The summed E-state index contributed by atoms with van der Waals surface area (Å²) in [5.41, 5.74) is 0. The zero-order valence-corrected chi connectivity index (χ0v) is 15.4. The Labute approximate surface area is 183 Å². The van der Waals surface area contributed by atoms with Gasteiger partial charge in [0.2, 0.25) is 0 Å². The Kier molecular flexibility index (Phi) is 9.03. The van der Waals surface area contributed by atoms with E-state index in [2.05, 4.69) is 0 Å². The lowest BCUT2D eigenvalue weighted by molar-refractivity contribution is -0.585. The van der Waals surface area contributed by atoms with Crippen molar-refractivity contribution in [3.8, 4) is 0 Å². The topological polar surface area (TPSA) is 46.2 Å². The molecule has 0 aliphatic heterocycles. The largest absolute Gasteiger partial charge is 0.529 e. The van der Waals surface area contributed by atoms with Gasteiger partial charge in [-0.2, -0.15) is 62.2 Å². The van der Waals surface area contributed by atoms with Crippen LogP contribution in [-0.2, 0) is 23.7 Å². The summed E-state index contributed by atoms with van der Waals surface area (Å²) in [4.78, 5) is 0. The van der Waals surface area contributed by atoms with Crippen LogP contribution in [0.1, 0.15) is 0 Å². The lowest BCUT2D eigenvalue weighted by Crippen LogP contribution is -2.65. The molecule has 0 saturated carbocycles. The number of rotatable bonds is 12. The van der Waals surface area contributed by atoms with Crippen molar-refractivity contribution in [2.45, 2.75) is 61.6 Å². The molecule has 37 heavy (non-hydrogen) atoms. The maximum absolute atomic E-state index is 13.1. The third-order valence-electron chi connectivity index (χ3n) is 2.68. The Bertz CT molecular complexity index is 718. The minimum Gasteiger partial charge on any atom is -0.245 e. The van der Waals surface area contributed by atoms with E-state index in [4.69, 9.17) is 0 Å². The first-order valence-corrected chi connectivity index (χ1v) is 7.20. The fourth-order valence-electron chi connectivity index (χ4n) is 1.37. The summed E-state index contributed by atoms with van der Waals surface area (Å²) in [5, 5.41) is 0. The van der Waals surface area contributed by atoms with E-state index in [1.54, 1.807) is 0 Å². The third-order valence-corrected chi connectivity index (χ3v) is 2.68. The van der Waals surface area contributed by atoms with Gasteiger partial charge in [0.1, 0.15) is 0 Å². The lowest BCUT2D eigenvalue weighted by Gasteiger charge is -2.37. The second kappa shape index (κ2) is 9.47. The first-order chi connectivity index (χ1) is 15.5. The van der Waals surface area contributed by atoms with Gasteiger partial charge in [0.25, 0.3) is 0 Å². The van der Waals surface area contributed by atoms with Gasteiger partial charge < -0.3 is 0 Å². The molecule has 0 bridgehead atoms. The van der Waals surface area contributed by atoms with E-state index in [0.29, 0.717) is 0 Å². The molecule has 0 aromatic carbocycles. The molecule has 0 aliphatic rings. The van der Waals surface area contributed by atoms with E-state index in [0.717, 1.165) is 4.74 Å². The molecule has 0 aromatic heterocycles. The van der Waals surface area contributed by atoms with Crippen LogP contribution in [0.2, 0.25) is 0 Å². The zero-order chi connectivity index (χ0) is 30.5. The van der Waals surface area contributed by atoms with Crippen LogP contribution in [0.15, 0.2) is 0 Å². The van der Waals surface area contributed by atoms with Crippen LogP contribution in [-0.4, -0.2) is 61.6 Å². The summed E-state index contributed by atoms with van der Waals surface area (Å²) in [7, 11) is 0. The summed E-state index contributed by atoms with van der Waals surface area (Å²) >= 11 is 0. The van der Waals surface area contributed by atoms with E-state index < -0.39 is 61.6 Å². The lowest BCUT2D eigenvalue weighted by atomic mass is 10.2. The van der Waals surface area contributed by atoms with Gasteiger partial charge in [0.15, 0.2) is 0 Å². The van der Waals surface area contributed by atoms with Crippen molar-refractivity contribution in [2.75, 3.05) is 0 Å². The van der Waals surface area contributed by atoms with E-state index in [9.17, 15) is 96.6 Å². The second-order valence-electron chi connectivity index (χ2n) is 5.54. The minimum absolute atomic E-state index is 1.06. The third kappa shape index (κ3) is 8.63. The highest BCUT2D eigenvalue weighted by molar-refractivity contribution is 4.92. The van der Waals surface area contributed by atoms with Crippen molar-refractivity contribution in [1.82, 2.24) is 0 Å². The Morgan fingerprint density at radius 3 is 0.622 bits per heavy atom. The molecule has 0 atom stereocenters. The average molecular weight is 618 g/mol. The number of ether oxygens (including phenoxy) is 5. The molecule has 0 fully saturated rings. The molecule has 0 saturated heterocycles. The molecule has 0 amide bonds. The average Bonchev–Trinajstić information content (AvgIpc) is 2.45. The van der Waals surface area contributed by atoms with Crippen molar-refractivity contribution < 1.29 is 120 Å². The van der Waals surface area contributed by atoms with Gasteiger partial charge in [-0.3, -0.25) is 0 Å². The van der Waals surface area contributed by atoms with Crippen molar-refractivity contribution >= 4 is 0 Å². The summed E-state index contributed by atoms with van der Waals surface area (Å²) < 4.78 is 282. The second-order valence-corrected chi connectivity index (χ2v) is 5.54. The highest BCUT2D eigenvalue weighted by atomic mass is 19.4. The standard InChI is InChI=1S/C10F22O5/c11-1(12,5(19,20)34-9(29,30)36-7(23,24)25)3(15,16)33-4(17,18)2(13,14)6(21,22)35-10(31,32)37-8(26,27)28. The molecule has 0 spiro atoms. The Morgan fingerprint density at radius 2 is 0.432 bits per heavy atom. The molecular weight excluding hydrogens is 618 g/mol. The molecule has 27 heteroatoms. The van der Waals surface area contributed by atoms with Crippen LogP contribution in [0.25, 0.3) is 0 Å². The van der Waals surface area contributed by atoms with Crippen LogP contribution in [0.4, 0.5) is 96.6 Å². The van der Waals surface area contributed by atoms with Crippen LogP contribution < -0.4 is 0 Å². The maximum Gasteiger partial charge on any atom is 0.529 e. The monoisotopic (exact) mass is 618 g/mol. The quantitative estimate of drug-likeness (QED) is 0.177. The molecule has 5 nitrogen and oxygen atoms in total. The first-order valence-electron chi connectivity index (χ1n) is 7.20. The van der Waals surface area contributed by atoms with Crippen molar-refractivity contribution in [2.24, 2.45) is 0 Å². The van der Waals surface area contributed by atoms with Crippen LogP contribution in [0.3, 0.4) is 0 Å². The van der Waals surface area contributed by atoms with Crippen LogP contribution in [0.5, 0.6) is 0 Å². The molecule has 0 aliphatic carbocycles. The van der Waals surface area contributed by atoms with Gasteiger partial charge in [0, 0.05) is 0 Å². The van der Waals surface area contributed by atoms with E-state index in [1.165, 1.54) is 18.9 Å². The zero-order valence-electron chi connectivity index (χ0n) is 15.4.